The van der Waals surface area contributed by atoms with E-state index in [1.807, 2.05) is 0 Å². The maximum Gasteiger partial charge on any atom is 0.151 e. The standard InChI is InChI=1S/C11H21NO4S/c1-17(14,15)10-4-2-3-9(10)12-7-11(13)5-6-16-8-11/h9-10,12-13H,2-8H2,1H3. The maximum absolute atomic E-state index is 11.6. The third-order valence-electron chi connectivity index (χ3n) is 3.78. The molecule has 1 saturated heterocycles. The van der Waals surface area contributed by atoms with Crippen molar-refractivity contribution < 1.29 is 18.3 Å². The third kappa shape index (κ3) is 3.19. The Morgan fingerprint density at radius 3 is 2.82 bits per heavy atom. The van der Waals surface area contributed by atoms with Crippen LogP contribution < -0.4 is 5.32 Å². The molecule has 0 radical (unpaired) electrons. The molecule has 5 nitrogen and oxygen atoms in total. The van der Waals surface area contributed by atoms with Crippen LogP contribution in [0.25, 0.3) is 0 Å². The molecule has 2 fully saturated rings. The third-order valence-corrected chi connectivity index (χ3v) is 5.44. The Hall–Kier alpha value is -0.170. The quantitative estimate of drug-likeness (QED) is 0.728. The van der Waals surface area contributed by atoms with Gasteiger partial charge in [0.25, 0.3) is 0 Å². The molecule has 0 bridgehead atoms. The summed E-state index contributed by atoms with van der Waals surface area (Å²) in [4.78, 5) is 0. The van der Waals surface area contributed by atoms with Crippen LogP contribution >= 0.6 is 0 Å². The van der Waals surface area contributed by atoms with E-state index >= 15 is 0 Å². The topological polar surface area (TPSA) is 75.6 Å². The molecule has 100 valence electrons. The molecule has 2 N–H and O–H groups in total. The van der Waals surface area contributed by atoms with Gasteiger partial charge >= 0.3 is 0 Å². The lowest BCUT2D eigenvalue weighted by atomic mass is 10.0. The predicted octanol–water partition coefficient (Wildman–Crippen LogP) is -0.307. The summed E-state index contributed by atoms with van der Waals surface area (Å²) in [6.45, 7) is 1.35. The normalized spacial score (nSPS) is 38.7. The van der Waals surface area contributed by atoms with Gasteiger partial charge in [-0.15, -0.1) is 0 Å². The summed E-state index contributed by atoms with van der Waals surface area (Å²) in [5.41, 5.74) is -0.815. The number of ether oxygens (including phenoxy) is 1. The Kier molecular flexibility index (Phi) is 3.77. The maximum atomic E-state index is 11.6. The number of nitrogens with one attached hydrogen (secondary N) is 1. The molecule has 3 atom stereocenters. The van der Waals surface area contributed by atoms with Crippen LogP contribution in [0.2, 0.25) is 0 Å². The van der Waals surface area contributed by atoms with E-state index in [1.165, 1.54) is 6.26 Å². The number of hydrogen-bond donors (Lipinski definition) is 2. The van der Waals surface area contributed by atoms with Crippen molar-refractivity contribution in [2.24, 2.45) is 0 Å². The van der Waals surface area contributed by atoms with Crippen LogP contribution in [-0.2, 0) is 14.6 Å². The van der Waals surface area contributed by atoms with Gasteiger partial charge in [0.1, 0.15) is 5.60 Å². The molecule has 2 rings (SSSR count). The first kappa shape index (κ1) is 13.3. The fourth-order valence-corrected chi connectivity index (χ4v) is 4.15. The summed E-state index contributed by atoms with van der Waals surface area (Å²) in [6.07, 6.45) is 4.45. The van der Waals surface area contributed by atoms with Crippen molar-refractivity contribution in [3.8, 4) is 0 Å². The number of hydrogen-bond acceptors (Lipinski definition) is 5. The van der Waals surface area contributed by atoms with Crippen LogP contribution in [0.15, 0.2) is 0 Å². The molecule has 6 heteroatoms. The van der Waals surface area contributed by atoms with E-state index in [4.69, 9.17) is 4.74 Å². The van der Waals surface area contributed by atoms with E-state index < -0.39 is 15.4 Å². The van der Waals surface area contributed by atoms with Crippen molar-refractivity contribution in [2.75, 3.05) is 26.0 Å². The smallest absolute Gasteiger partial charge is 0.151 e. The molecular weight excluding hydrogens is 242 g/mol. The molecule has 1 aliphatic carbocycles. The molecule has 1 aliphatic heterocycles. The van der Waals surface area contributed by atoms with Gasteiger partial charge < -0.3 is 15.2 Å². The minimum absolute atomic E-state index is 0.0189. The van der Waals surface area contributed by atoms with Crippen LogP contribution in [0.3, 0.4) is 0 Å². The van der Waals surface area contributed by atoms with Crippen molar-refractivity contribution >= 4 is 9.84 Å². The molecule has 0 spiro atoms. The fourth-order valence-electron chi connectivity index (χ4n) is 2.73. The molecule has 0 aromatic rings. The Labute approximate surface area is 102 Å². The first-order chi connectivity index (χ1) is 7.91. The van der Waals surface area contributed by atoms with E-state index in [0.717, 1.165) is 19.3 Å². The molecule has 0 aromatic carbocycles. The van der Waals surface area contributed by atoms with E-state index in [-0.39, 0.29) is 11.3 Å². The second-order valence-corrected chi connectivity index (χ2v) is 7.58. The van der Waals surface area contributed by atoms with Crippen LogP contribution in [0.4, 0.5) is 0 Å². The van der Waals surface area contributed by atoms with Gasteiger partial charge in [0.05, 0.1) is 11.9 Å². The van der Waals surface area contributed by atoms with E-state index in [9.17, 15) is 13.5 Å². The van der Waals surface area contributed by atoms with E-state index in [1.54, 1.807) is 0 Å². The largest absolute Gasteiger partial charge is 0.386 e. The van der Waals surface area contributed by atoms with E-state index in [2.05, 4.69) is 5.32 Å². The monoisotopic (exact) mass is 263 g/mol. The lowest BCUT2D eigenvalue weighted by Crippen LogP contribution is -2.48. The van der Waals surface area contributed by atoms with Crippen molar-refractivity contribution in [1.82, 2.24) is 5.32 Å². The molecule has 17 heavy (non-hydrogen) atoms. The van der Waals surface area contributed by atoms with Gasteiger partial charge in [-0.2, -0.15) is 0 Å². The predicted molar refractivity (Wildman–Crippen MR) is 64.7 cm³/mol. The fraction of sp³-hybridized carbons (Fsp3) is 1.00. The Bertz CT molecular complexity index is 362. The van der Waals surface area contributed by atoms with Crippen LogP contribution in [0.1, 0.15) is 25.7 Å². The highest BCUT2D eigenvalue weighted by Gasteiger charge is 2.38. The van der Waals surface area contributed by atoms with Crippen molar-refractivity contribution in [3.05, 3.63) is 0 Å². The van der Waals surface area contributed by atoms with Crippen molar-refractivity contribution in [3.63, 3.8) is 0 Å². The lowest BCUT2D eigenvalue weighted by molar-refractivity contribution is 0.0250. The van der Waals surface area contributed by atoms with E-state index in [0.29, 0.717) is 26.2 Å². The van der Waals surface area contributed by atoms with Gasteiger partial charge in [-0.3, -0.25) is 0 Å². The molecule has 0 amide bonds. The summed E-state index contributed by atoms with van der Waals surface area (Å²) in [7, 11) is -2.99. The van der Waals surface area contributed by atoms with Gasteiger partial charge in [0.15, 0.2) is 9.84 Å². The van der Waals surface area contributed by atoms with Gasteiger partial charge in [-0.1, -0.05) is 6.42 Å². The Morgan fingerprint density at radius 2 is 2.24 bits per heavy atom. The second-order valence-electron chi connectivity index (χ2n) is 5.31. The first-order valence-corrected chi connectivity index (χ1v) is 8.09. The number of sulfone groups is 1. The summed E-state index contributed by atoms with van der Waals surface area (Å²) in [5.74, 6) is 0. The van der Waals surface area contributed by atoms with Crippen molar-refractivity contribution in [2.45, 2.75) is 42.6 Å². The second kappa shape index (κ2) is 4.84. The molecular formula is C11H21NO4S. The Balaban J connectivity index is 1.90. The van der Waals surface area contributed by atoms with Gasteiger partial charge in [-0.05, 0) is 12.8 Å². The van der Waals surface area contributed by atoms with Gasteiger partial charge in [-0.25, -0.2) is 8.42 Å². The highest BCUT2D eigenvalue weighted by Crippen LogP contribution is 2.26. The van der Waals surface area contributed by atoms with Crippen LogP contribution in [-0.4, -0.2) is 56.4 Å². The zero-order chi connectivity index (χ0) is 12.5. The minimum atomic E-state index is -2.99. The van der Waals surface area contributed by atoms with Crippen LogP contribution in [0.5, 0.6) is 0 Å². The molecule has 0 aromatic heterocycles. The molecule has 2 aliphatic rings. The Morgan fingerprint density at radius 1 is 1.47 bits per heavy atom. The number of rotatable bonds is 4. The summed E-state index contributed by atoms with van der Waals surface area (Å²) in [6, 6.07) is -0.0189. The summed E-state index contributed by atoms with van der Waals surface area (Å²) >= 11 is 0. The average Bonchev–Trinajstić information content (AvgIpc) is 2.82. The van der Waals surface area contributed by atoms with Gasteiger partial charge in [0, 0.05) is 31.9 Å². The summed E-state index contributed by atoms with van der Waals surface area (Å²) < 4.78 is 28.3. The van der Waals surface area contributed by atoms with Crippen molar-refractivity contribution in [1.29, 1.82) is 0 Å². The molecule has 1 saturated carbocycles. The zero-order valence-electron chi connectivity index (χ0n) is 10.2. The first-order valence-electron chi connectivity index (χ1n) is 6.13. The minimum Gasteiger partial charge on any atom is -0.386 e. The molecule has 1 heterocycles. The highest BCUT2D eigenvalue weighted by molar-refractivity contribution is 7.91. The van der Waals surface area contributed by atoms with Crippen LogP contribution in [0, 0.1) is 0 Å². The lowest BCUT2D eigenvalue weighted by Gasteiger charge is -2.26. The molecule has 3 unspecified atom stereocenters. The SMILES string of the molecule is CS(=O)(=O)C1CCCC1NCC1(O)CCOC1. The number of aliphatic hydroxyl groups is 1. The zero-order valence-corrected chi connectivity index (χ0v) is 11.0. The average molecular weight is 263 g/mol. The highest BCUT2D eigenvalue weighted by atomic mass is 32.2. The van der Waals surface area contributed by atoms with Gasteiger partial charge in [0.2, 0.25) is 0 Å². The summed E-state index contributed by atoms with van der Waals surface area (Å²) in [5, 5.41) is 13.0.